The topological polar surface area (TPSA) is 127 Å². The Kier molecular flexibility index (Phi) is 9.35. The van der Waals surface area contributed by atoms with Crippen molar-refractivity contribution in [1.29, 1.82) is 0 Å². The van der Waals surface area contributed by atoms with E-state index in [-0.39, 0.29) is 25.0 Å². The molecule has 1 saturated carbocycles. The summed E-state index contributed by atoms with van der Waals surface area (Å²) in [5.74, 6) is -0.322. The summed E-state index contributed by atoms with van der Waals surface area (Å²) in [5, 5.41) is 8.30. The van der Waals surface area contributed by atoms with E-state index in [0.29, 0.717) is 0 Å². The molecule has 1 atom stereocenters. The molecule has 3 N–H and O–H groups in total. The van der Waals surface area contributed by atoms with Gasteiger partial charge in [0.2, 0.25) is 5.96 Å². The SMILES string of the molecule is CC(C)(C)OC(=O)NC(=NCC[C@H](NC(=O)OC(C)(C)C)C(=O)OC(C)(C)C)NC1CC1. The minimum Gasteiger partial charge on any atom is -0.458 e. The summed E-state index contributed by atoms with van der Waals surface area (Å²) in [6, 6.07) is -0.721. The molecule has 1 fully saturated rings. The highest BCUT2D eigenvalue weighted by molar-refractivity contribution is 5.94. The zero-order chi connectivity index (χ0) is 24.7. The van der Waals surface area contributed by atoms with Gasteiger partial charge in [0.1, 0.15) is 22.8 Å². The Morgan fingerprint density at radius 1 is 0.844 bits per heavy atom. The maximum atomic E-state index is 12.6. The van der Waals surface area contributed by atoms with E-state index in [9.17, 15) is 14.4 Å². The van der Waals surface area contributed by atoms with Gasteiger partial charge in [-0.25, -0.2) is 14.4 Å². The van der Waals surface area contributed by atoms with Crippen LogP contribution >= 0.6 is 0 Å². The zero-order valence-electron chi connectivity index (χ0n) is 20.9. The standard InChI is InChI=1S/C22H40N4O6/c1-20(2,3)30-16(27)15(25-18(28)31-21(4,5)6)12-13-23-17(24-14-10-11-14)26-19(29)32-22(7,8)9/h14-15H,10-13H2,1-9H3,(H,25,28)(H2,23,24,26,29)/t15-/m0/s1. The fourth-order valence-corrected chi connectivity index (χ4v) is 2.32. The first-order valence-electron chi connectivity index (χ1n) is 11.0. The van der Waals surface area contributed by atoms with Crippen LogP contribution in [0.5, 0.6) is 0 Å². The number of esters is 1. The number of alkyl carbamates (subject to hydrolysis) is 2. The number of aliphatic imine (C=N–C) groups is 1. The third kappa shape index (κ3) is 13.7. The van der Waals surface area contributed by atoms with Crippen molar-refractivity contribution in [1.82, 2.24) is 16.0 Å². The van der Waals surface area contributed by atoms with Gasteiger partial charge in [0.05, 0.1) is 0 Å². The Bertz CT molecular complexity index is 697. The molecule has 0 saturated heterocycles. The molecule has 0 bridgehead atoms. The van der Waals surface area contributed by atoms with Gasteiger partial charge in [0.25, 0.3) is 0 Å². The van der Waals surface area contributed by atoms with E-state index < -0.39 is 41.0 Å². The molecule has 0 unspecified atom stereocenters. The maximum absolute atomic E-state index is 12.6. The van der Waals surface area contributed by atoms with Gasteiger partial charge in [-0.2, -0.15) is 0 Å². The summed E-state index contributed by atoms with van der Waals surface area (Å²) in [6.07, 6.45) is 0.770. The van der Waals surface area contributed by atoms with Crippen LogP contribution in [0.3, 0.4) is 0 Å². The van der Waals surface area contributed by atoms with E-state index in [2.05, 4.69) is 20.9 Å². The summed E-state index contributed by atoms with van der Waals surface area (Å²) in [5.41, 5.74) is -2.07. The van der Waals surface area contributed by atoms with Crippen molar-refractivity contribution in [3.05, 3.63) is 0 Å². The summed E-state index contributed by atoms with van der Waals surface area (Å²) in [6.45, 7) is 15.9. The second-order valence-corrected chi connectivity index (χ2v) is 10.8. The minimum atomic E-state index is -0.962. The molecule has 0 aliphatic heterocycles. The van der Waals surface area contributed by atoms with Gasteiger partial charge in [-0.1, -0.05) is 0 Å². The number of nitrogens with zero attached hydrogens (tertiary/aromatic N) is 1. The predicted molar refractivity (Wildman–Crippen MR) is 121 cm³/mol. The number of carbonyl (C=O) groups excluding carboxylic acids is 3. The number of hydrogen-bond acceptors (Lipinski definition) is 7. The van der Waals surface area contributed by atoms with Crippen LogP contribution in [0.1, 0.15) is 81.6 Å². The second kappa shape index (κ2) is 10.9. The number of rotatable bonds is 6. The van der Waals surface area contributed by atoms with Crippen molar-refractivity contribution < 1.29 is 28.6 Å². The van der Waals surface area contributed by atoms with Gasteiger partial charge in [0, 0.05) is 12.6 Å². The van der Waals surface area contributed by atoms with Gasteiger partial charge in [-0.15, -0.1) is 0 Å². The van der Waals surface area contributed by atoms with Crippen molar-refractivity contribution in [2.75, 3.05) is 6.54 Å². The fourth-order valence-electron chi connectivity index (χ4n) is 2.32. The Morgan fingerprint density at radius 2 is 1.34 bits per heavy atom. The van der Waals surface area contributed by atoms with Crippen LogP contribution in [0.25, 0.3) is 0 Å². The average Bonchev–Trinajstić information content (AvgIpc) is 3.32. The van der Waals surface area contributed by atoms with Crippen LogP contribution < -0.4 is 16.0 Å². The molecule has 10 nitrogen and oxygen atoms in total. The van der Waals surface area contributed by atoms with Crippen molar-refractivity contribution in [3.63, 3.8) is 0 Å². The third-order valence-electron chi connectivity index (χ3n) is 3.61. The third-order valence-corrected chi connectivity index (χ3v) is 3.61. The van der Waals surface area contributed by atoms with E-state index in [0.717, 1.165) is 12.8 Å². The molecular formula is C22H40N4O6. The minimum absolute atomic E-state index is 0.143. The maximum Gasteiger partial charge on any atom is 0.414 e. The number of amides is 2. The summed E-state index contributed by atoms with van der Waals surface area (Å²) in [4.78, 5) is 41.3. The first-order valence-corrected chi connectivity index (χ1v) is 11.0. The monoisotopic (exact) mass is 456 g/mol. The molecule has 2 amide bonds. The van der Waals surface area contributed by atoms with E-state index in [1.54, 1.807) is 62.3 Å². The molecule has 0 aromatic rings. The Balaban J connectivity index is 2.83. The molecule has 1 rings (SSSR count). The zero-order valence-corrected chi connectivity index (χ0v) is 20.9. The Morgan fingerprint density at radius 3 is 1.81 bits per heavy atom. The van der Waals surface area contributed by atoms with Crippen LogP contribution in [0.15, 0.2) is 4.99 Å². The molecule has 0 aromatic carbocycles. The number of guanidine groups is 1. The van der Waals surface area contributed by atoms with Crippen LogP contribution in [-0.2, 0) is 19.0 Å². The van der Waals surface area contributed by atoms with Gasteiger partial charge in [-0.3, -0.25) is 10.3 Å². The predicted octanol–water partition coefficient (Wildman–Crippen LogP) is 3.24. The van der Waals surface area contributed by atoms with Gasteiger partial charge in [-0.05, 0) is 81.6 Å². The summed E-state index contributed by atoms with van der Waals surface area (Å²) in [7, 11) is 0. The van der Waals surface area contributed by atoms with Crippen LogP contribution in [0.2, 0.25) is 0 Å². The van der Waals surface area contributed by atoms with E-state index >= 15 is 0 Å². The van der Waals surface area contributed by atoms with Crippen molar-refractivity contribution >= 4 is 24.1 Å². The van der Waals surface area contributed by atoms with E-state index in [1.807, 2.05) is 0 Å². The second-order valence-electron chi connectivity index (χ2n) is 10.8. The molecule has 0 aromatic heterocycles. The first-order chi connectivity index (χ1) is 14.4. The molecule has 0 heterocycles. The molecule has 32 heavy (non-hydrogen) atoms. The number of hydrogen-bond donors (Lipinski definition) is 3. The Hall–Kier alpha value is -2.52. The van der Waals surface area contributed by atoms with Gasteiger partial charge in [0.15, 0.2) is 0 Å². The average molecular weight is 457 g/mol. The van der Waals surface area contributed by atoms with E-state index in [4.69, 9.17) is 14.2 Å². The van der Waals surface area contributed by atoms with Gasteiger partial charge < -0.3 is 24.8 Å². The lowest BCUT2D eigenvalue weighted by Gasteiger charge is -2.26. The van der Waals surface area contributed by atoms with Gasteiger partial charge >= 0.3 is 18.2 Å². The van der Waals surface area contributed by atoms with Crippen LogP contribution in [0, 0.1) is 0 Å². The van der Waals surface area contributed by atoms with Crippen LogP contribution in [-0.4, -0.2) is 59.5 Å². The van der Waals surface area contributed by atoms with Crippen molar-refractivity contribution in [2.45, 2.75) is 110 Å². The van der Waals surface area contributed by atoms with Crippen molar-refractivity contribution in [2.24, 2.45) is 4.99 Å². The summed E-state index contributed by atoms with van der Waals surface area (Å²) >= 11 is 0. The van der Waals surface area contributed by atoms with Crippen molar-refractivity contribution in [3.8, 4) is 0 Å². The molecule has 184 valence electrons. The molecular weight excluding hydrogens is 416 g/mol. The molecule has 1 aliphatic carbocycles. The molecule has 1 aliphatic rings. The van der Waals surface area contributed by atoms with Crippen LogP contribution in [0.4, 0.5) is 9.59 Å². The lowest BCUT2D eigenvalue weighted by Crippen LogP contribution is -2.47. The Labute approximate surface area is 191 Å². The normalized spacial score (nSPS) is 16.0. The quantitative estimate of drug-likeness (QED) is 0.242. The molecule has 0 radical (unpaired) electrons. The highest BCUT2D eigenvalue weighted by Crippen LogP contribution is 2.18. The number of carbonyl (C=O) groups is 3. The molecule has 10 heteroatoms. The number of nitrogens with one attached hydrogen (secondary N) is 3. The number of ether oxygens (including phenoxy) is 3. The fraction of sp³-hybridized carbons (Fsp3) is 0.818. The largest absolute Gasteiger partial charge is 0.458 e. The first kappa shape index (κ1) is 27.5. The lowest BCUT2D eigenvalue weighted by molar-refractivity contribution is -0.157. The highest BCUT2D eigenvalue weighted by atomic mass is 16.6. The van der Waals surface area contributed by atoms with E-state index in [1.165, 1.54) is 0 Å². The lowest BCUT2D eigenvalue weighted by atomic mass is 10.1. The highest BCUT2D eigenvalue weighted by Gasteiger charge is 2.29. The molecule has 0 spiro atoms. The summed E-state index contributed by atoms with van der Waals surface area (Å²) < 4.78 is 15.9. The smallest absolute Gasteiger partial charge is 0.414 e.